The topological polar surface area (TPSA) is 60.2 Å². The molecule has 94 valence electrons. The number of anilines is 1. The zero-order chi connectivity index (χ0) is 12.8. The SMILES string of the molecule is COCC(Nc1cccc(C(N)=S)n1)C(C)C. The largest absolute Gasteiger partial charge is 0.388 e. The molecule has 0 spiro atoms. The first-order valence-corrected chi connectivity index (χ1v) is 5.97. The van der Waals surface area contributed by atoms with Gasteiger partial charge in [0.2, 0.25) is 0 Å². The highest BCUT2D eigenvalue weighted by molar-refractivity contribution is 7.80. The van der Waals surface area contributed by atoms with Crippen molar-refractivity contribution in [2.75, 3.05) is 19.0 Å². The van der Waals surface area contributed by atoms with Gasteiger partial charge in [0.25, 0.3) is 0 Å². The second-order valence-electron chi connectivity index (χ2n) is 4.22. The van der Waals surface area contributed by atoms with E-state index in [-0.39, 0.29) is 6.04 Å². The highest BCUT2D eigenvalue weighted by atomic mass is 32.1. The minimum absolute atomic E-state index is 0.217. The fourth-order valence-electron chi connectivity index (χ4n) is 1.42. The van der Waals surface area contributed by atoms with E-state index >= 15 is 0 Å². The van der Waals surface area contributed by atoms with Crippen molar-refractivity contribution < 1.29 is 4.74 Å². The van der Waals surface area contributed by atoms with Crippen LogP contribution in [0.4, 0.5) is 5.82 Å². The molecule has 1 unspecified atom stereocenters. The molecule has 4 nitrogen and oxygen atoms in total. The molecule has 1 aromatic rings. The highest BCUT2D eigenvalue weighted by Gasteiger charge is 2.13. The Hall–Kier alpha value is -1.20. The minimum atomic E-state index is 0.217. The van der Waals surface area contributed by atoms with Crippen LogP contribution < -0.4 is 11.1 Å². The van der Waals surface area contributed by atoms with Gasteiger partial charge in [-0.25, -0.2) is 4.98 Å². The number of nitrogens with zero attached hydrogens (tertiary/aromatic N) is 1. The molecule has 0 saturated heterocycles. The van der Waals surface area contributed by atoms with Crippen molar-refractivity contribution in [3.63, 3.8) is 0 Å². The van der Waals surface area contributed by atoms with Gasteiger partial charge in [-0.3, -0.25) is 0 Å². The molecular formula is C12H19N3OS. The number of methoxy groups -OCH3 is 1. The van der Waals surface area contributed by atoms with Gasteiger partial charge in [-0.2, -0.15) is 0 Å². The minimum Gasteiger partial charge on any atom is -0.388 e. The number of thiocarbonyl (C=S) groups is 1. The van der Waals surface area contributed by atoms with Gasteiger partial charge < -0.3 is 15.8 Å². The highest BCUT2D eigenvalue weighted by Crippen LogP contribution is 2.11. The predicted molar refractivity (Wildman–Crippen MR) is 74.2 cm³/mol. The van der Waals surface area contributed by atoms with Gasteiger partial charge in [-0.15, -0.1) is 0 Å². The maximum atomic E-state index is 5.55. The van der Waals surface area contributed by atoms with Crippen LogP contribution in [0, 0.1) is 5.92 Å². The van der Waals surface area contributed by atoms with E-state index in [1.54, 1.807) is 13.2 Å². The van der Waals surface area contributed by atoms with Crippen LogP contribution in [0.1, 0.15) is 19.5 Å². The molecule has 17 heavy (non-hydrogen) atoms. The van der Waals surface area contributed by atoms with Crippen molar-refractivity contribution in [2.45, 2.75) is 19.9 Å². The van der Waals surface area contributed by atoms with Gasteiger partial charge >= 0.3 is 0 Å². The molecule has 0 aliphatic rings. The third-order valence-electron chi connectivity index (χ3n) is 2.49. The number of nitrogens with one attached hydrogen (secondary N) is 1. The van der Waals surface area contributed by atoms with Crippen LogP contribution in [0.25, 0.3) is 0 Å². The second-order valence-corrected chi connectivity index (χ2v) is 4.66. The third kappa shape index (κ3) is 4.28. The van der Waals surface area contributed by atoms with E-state index in [1.165, 1.54) is 0 Å². The fraction of sp³-hybridized carbons (Fsp3) is 0.500. The lowest BCUT2D eigenvalue weighted by Crippen LogP contribution is -2.31. The number of nitrogens with two attached hydrogens (primary N) is 1. The lowest BCUT2D eigenvalue weighted by atomic mass is 10.1. The third-order valence-corrected chi connectivity index (χ3v) is 2.69. The molecule has 0 bridgehead atoms. The first-order chi connectivity index (χ1) is 8.04. The number of ether oxygens (including phenoxy) is 1. The Bertz CT molecular complexity index is 382. The van der Waals surface area contributed by atoms with E-state index in [4.69, 9.17) is 22.7 Å². The summed E-state index contributed by atoms with van der Waals surface area (Å²) in [5, 5.41) is 3.32. The van der Waals surface area contributed by atoms with E-state index in [0.29, 0.717) is 23.2 Å². The fourth-order valence-corrected chi connectivity index (χ4v) is 1.54. The van der Waals surface area contributed by atoms with E-state index in [1.807, 2.05) is 12.1 Å². The van der Waals surface area contributed by atoms with Crippen LogP contribution in [0.5, 0.6) is 0 Å². The van der Waals surface area contributed by atoms with Crippen LogP contribution >= 0.6 is 12.2 Å². The molecule has 0 fully saturated rings. The van der Waals surface area contributed by atoms with Crippen molar-refractivity contribution in [1.29, 1.82) is 0 Å². The zero-order valence-corrected chi connectivity index (χ0v) is 11.3. The Labute approximate surface area is 108 Å². The molecule has 1 rings (SSSR count). The van der Waals surface area contributed by atoms with Crippen LogP contribution in [0.15, 0.2) is 18.2 Å². The summed E-state index contributed by atoms with van der Waals surface area (Å²) < 4.78 is 5.17. The summed E-state index contributed by atoms with van der Waals surface area (Å²) in [5.41, 5.74) is 6.18. The average molecular weight is 253 g/mol. The summed E-state index contributed by atoms with van der Waals surface area (Å²) >= 11 is 4.90. The van der Waals surface area contributed by atoms with Crippen LogP contribution in [0.2, 0.25) is 0 Å². The summed E-state index contributed by atoms with van der Waals surface area (Å²) in [5.74, 6) is 1.22. The number of pyridine rings is 1. The Kier molecular flexibility index (Phi) is 5.31. The van der Waals surface area contributed by atoms with Gasteiger partial charge in [0.05, 0.1) is 18.3 Å². The number of hydrogen-bond acceptors (Lipinski definition) is 4. The number of rotatable bonds is 6. The Balaban J connectivity index is 2.78. The van der Waals surface area contributed by atoms with Crippen molar-refractivity contribution >= 4 is 23.0 Å². The molecule has 0 amide bonds. The molecule has 0 aliphatic heterocycles. The Morgan fingerprint density at radius 2 is 2.24 bits per heavy atom. The monoisotopic (exact) mass is 253 g/mol. The van der Waals surface area contributed by atoms with E-state index < -0.39 is 0 Å². The molecule has 5 heteroatoms. The van der Waals surface area contributed by atoms with Gasteiger partial charge in [-0.1, -0.05) is 32.1 Å². The molecule has 1 heterocycles. The van der Waals surface area contributed by atoms with Crippen molar-refractivity contribution in [2.24, 2.45) is 11.7 Å². The van der Waals surface area contributed by atoms with Crippen LogP contribution in [-0.4, -0.2) is 29.7 Å². The molecule has 1 atom stereocenters. The summed E-state index contributed by atoms with van der Waals surface area (Å²) in [6.45, 7) is 4.90. The predicted octanol–water partition coefficient (Wildman–Crippen LogP) is 1.80. The standard InChI is InChI=1S/C12H19N3OS/c1-8(2)10(7-16-3)15-11-6-4-5-9(14-11)12(13)17/h4-6,8,10H,7H2,1-3H3,(H2,13,17)(H,14,15). The maximum Gasteiger partial charge on any atom is 0.127 e. The quantitative estimate of drug-likeness (QED) is 0.757. The van der Waals surface area contributed by atoms with Crippen LogP contribution in [0.3, 0.4) is 0 Å². The van der Waals surface area contributed by atoms with Gasteiger partial charge in [0.15, 0.2) is 0 Å². The van der Waals surface area contributed by atoms with E-state index in [0.717, 1.165) is 5.82 Å². The van der Waals surface area contributed by atoms with Crippen molar-refractivity contribution in [3.05, 3.63) is 23.9 Å². The smallest absolute Gasteiger partial charge is 0.127 e. The van der Waals surface area contributed by atoms with E-state index in [9.17, 15) is 0 Å². The summed E-state index contributed by atoms with van der Waals surface area (Å²) in [6.07, 6.45) is 0. The summed E-state index contributed by atoms with van der Waals surface area (Å²) in [4.78, 5) is 4.65. The molecule has 0 aliphatic carbocycles. The van der Waals surface area contributed by atoms with Gasteiger partial charge in [-0.05, 0) is 18.1 Å². The second kappa shape index (κ2) is 6.51. The Morgan fingerprint density at radius 3 is 2.76 bits per heavy atom. The lowest BCUT2D eigenvalue weighted by molar-refractivity contribution is 0.171. The first kappa shape index (κ1) is 13.9. The molecule has 0 aromatic carbocycles. The molecule has 1 aromatic heterocycles. The number of aromatic nitrogens is 1. The van der Waals surface area contributed by atoms with Crippen molar-refractivity contribution in [1.82, 2.24) is 4.98 Å². The van der Waals surface area contributed by atoms with Gasteiger partial charge in [0, 0.05) is 7.11 Å². The summed E-state index contributed by atoms with van der Waals surface area (Å²) in [6, 6.07) is 5.80. The first-order valence-electron chi connectivity index (χ1n) is 5.57. The van der Waals surface area contributed by atoms with E-state index in [2.05, 4.69) is 24.1 Å². The maximum absolute atomic E-state index is 5.55. The molecule has 3 N–H and O–H groups in total. The Morgan fingerprint density at radius 1 is 1.53 bits per heavy atom. The normalized spacial score (nSPS) is 12.5. The molecule has 0 radical (unpaired) electrons. The lowest BCUT2D eigenvalue weighted by Gasteiger charge is -2.22. The zero-order valence-electron chi connectivity index (χ0n) is 10.4. The van der Waals surface area contributed by atoms with Crippen molar-refractivity contribution in [3.8, 4) is 0 Å². The molecule has 0 saturated carbocycles. The summed E-state index contributed by atoms with van der Waals surface area (Å²) in [7, 11) is 1.69. The van der Waals surface area contributed by atoms with Gasteiger partial charge in [0.1, 0.15) is 10.8 Å². The average Bonchev–Trinajstić information content (AvgIpc) is 2.28. The molecular weight excluding hydrogens is 234 g/mol. The van der Waals surface area contributed by atoms with Crippen LogP contribution in [-0.2, 0) is 4.74 Å². The number of hydrogen-bond donors (Lipinski definition) is 2.